The minimum atomic E-state index is -0.0232. The fourth-order valence-electron chi connectivity index (χ4n) is 3.04. The van der Waals surface area contributed by atoms with E-state index >= 15 is 0 Å². The van der Waals surface area contributed by atoms with E-state index in [0.29, 0.717) is 11.6 Å². The number of carbonyl (C=O) groups excluding carboxylic acids is 1. The van der Waals surface area contributed by atoms with Crippen molar-refractivity contribution in [2.75, 3.05) is 38.0 Å². The van der Waals surface area contributed by atoms with Crippen LogP contribution >= 0.6 is 0 Å². The molecule has 1 aromatic heterocycles. The summed E-state index contributed by atoms with van der Waals surface area (Å²) in [6, 6.07) is 9.75. The Balaban J connectivity index is 1.72. The first-order valence-corrected chi connectivity index (χ1v) is 8.91. The van der Waals surface area contributed by atoms with Gasteiger partial charge in [-0.1, -0.05) is 32.0 Å². The SMILES string of the molecule is CCc1ccccc1Nc1nccc(C(=O)N2CCN(CC)CC2)n1. The van der Waals surface area contributed by atoms with Crippen molar-refractivity contribution in [2.45, 2.75) is 20.3 Å². The van der Waals surface area contributed by atoms with Gasteiger partial charge < -0.3 is 15.1 Å². The lowest BCUT2D eigenvalue weighted by Crippen LogP contribution is -2.48. The highest BCUT2D eigenvalue weighted by molar-refractivity contribution is 5.92. The summed E-state index contributed by atoms with van der Waals surface area (Å²) in [7, 11) is 0. The van der Waals surface area contributed by atoms with Crippen LogP contribution in [0.5, 0.6) is 0 Å². The topological polar surface area (TPSA) is 61.4 Å². The average Bonchev–Trinajstić information content (AvgIpc) is 2.68. The van der Waals surface area contributed by atoms with Crippen LogP contribution in [0.25, 0.3) is 0 Å². The fraction of sp³-hybridized carbons (Fsp3) is 0.421. The predicted octanol–water partition coefficient (Wildman–Crippen LogP) is 2.56. The summed E-state index contributed by atoms with van der Waals surface area (Å²) >= 11 is 0. The van der Waals surface area contributed by atoms with E-state index in [2.05, 4.69) is 40.1 Å². The van der Waals surface area contributed by atoms with Crippen LogP contribution in [0.3, 0.4) is 0 Å². The minimum Gasteiger partial charge on any atom is -0.335 e. The van der Waals surface area contributed by atoms with Gasteiger partial charge in [0.15, 0.2) is 0 Å². The largest absolute Gasteiger partial charge is 0.335 e. The zero-order valence-electron chi connectivity index (χ0n) is 14.9. The van der Waals surface area contributed by atoms with Gasteiger partial charge in [-0.25, -0.2) is 9.97 Å². The highest BCUT2D eigenvalue weighted by Crippen LogP contribution is 2.19. The molecule has 0 unspecified atom stereocenters. The van der Waals surface area contributed by atoms with Gasteiger partial charge in [0, 0.05) is 38.1 Å². The summed E-state index contributed by atoms with van der Waals surface area (Å²) in [5.74, 6) is 0.434. The second kappa shape index (κ2) is 8.07. The zero-order valence-corrected chi connectivity index (χ0v) is 14.9. The summed E-state index contributed by atoms with van der Waals surface area (Å²) in [6.45, 7) is 8.62. The number of aromatic nitrogens is 2. The number of anilines is 2. The zero-order chi connectivity index (χ0) is 17.6. The molecule has 1 amide bonds. The van der Waals surface area contributed by atoms with Crippen molar-refractivity contribution in [3.63, 3.8) is 0 Å². The number of hydrogen-bond donors (Lipinski definition) is 1. The van der Waals surface area contributed by atoms with Crippen LogP contribution in [0, 0.1) is 0 Å². The second-order valence-corrected chi connectivity index (χ2v) is 6.13. The van der Waals surface area contributed by atoms with Crippen LogP contribution in [0.2, 0.25) is 0 Å². The van der Waals surface area contributed by atoms with E-state index in [4.69, 9.17) is 0 Å². The van der Waals surface area contributed by atoms with Gasteiger partial charge in [0.05, 0.1) is 0 Å². The lowest BCUT2D eigenvalue weighted by Gasteiger charge is -2.33. The molecule has 1 aliphatic heterocycles. The number of amides is 1. The molecule has 0 spiro atoms. The van der Waals surface area contributed by atoms with Crippen molar-refractivity contribution >= 4 is 17.5 Å². The number of nitrogens with one attached hydrogen (secondary N) is 1. The van der Waals surface area contributed by atoms with Crippen molar-refractivity contribution in [3.8, 4) is 0 Å². The molecule has 2 heterocycles. The Morgan fingerprint density at radius 1 is 1.12 bits per heavy atom. The van der Waals surface area contributed by atoms with Crippen LogP contribution in [-0.2, 0) is 6.42 Å². The molecule has 1 saturated heterocycles. The molecular weight excluding hydrogens is 314 g/mol. The fourth-order valence-corrected chi connectivity index (χ4v) is 3.04. The smallest absolute Gasteiger partial charge is 0.272 e. The standard InChI is InChI=1S/C19H25N5O/c1-3-15-7-5-6-8-16(15)21-19-20-10-9-17(22-19)18(25)24-13-11-23(4-2)12-14-24/h5-10H,3-4,11-14H2,1-2H3,(H,20,21,22). The van der Waals surface area contributed by atoms with E-state index in [-0.39, 0.29) is 5.91 Å². The van der Waals surface area contributed by atoms with Crippen molar-refractivity contribution < 1.29 is 4.79 Å². The maximum atomic E-state index is 12.7. The number of nitrogens with zero attached hydrogens (tertiary/aromatic N) is 4. The first-order chi connectivity index (χ1) is 12.2. The van der Waals surface area contributed by atoms with Gasteiger partial charge in [-0.3, -0.25) is 4.79 Å². The monoisotopic (exact) mass is 339 g/mol. The molecule has 25 heavy (non-hydrogen) atoms. The van der Waals surface area contributed by atoms with Crippen molar-refractivity contribution in [1.82, 2.24) is 19.8 Å². The lowest BCUT2D eigenvalue weighted by molar-refractivity contribution is 0.0637. The average molecular weight is 339 g/mol. The Hall–Kier alpha value is -2.47. The van der Waals surface area contributed by atoms with Crippen molar-refractivity contribution in [1.29, 1.82) is 0 Å². The number of hydrogen-bond acceptors (Lipinski definition) is 5. The maximum Gasteiger partial charge on any atom is 0.272 e. The molecule has 1 N–H and O–H groups in total. The molecule has 132 valence electrons. The number of piperazine rings is 1. The molecule has 0 aliphatic carbocycles. The molecule has 1 aliphatic rings. The summed E-state index contributed by atoms with van der Waals surface area (Å²) in [5.41, 5.74) is 2.61. The number of aryl methyl sites for hydroxylation is 1. The van der Waals surface area contributed by atoms with Crippen LogP contribution in [-0.4, -0.2) is 58.4 Å². The second-order valence-electron chi connectivity index (χ2n) is 6.13. The molecule has 0 atom stereocenters. The van der Waals surface area contributed by atoms with Crippen LogP contribution in [0.15, 0.2) is 36.5 Å². The number of para-hydroxylation sites is 1. The molecule has 3 rings (SSSR count). The first-order valence-electron chi connectivity index (χ1n) is 8.91. The molecule has 1 aromatic carbocycles. The number of likely N-dealkylation sites (N-methyl/N-ethyl adjacent to an activating group) is 1. The maximum absolute atomic E-state index is 12.7. The quantitative estimate of drug-likeness (QED) is 0.907. The summed E-state index contributed by atoms with van der Waals surface area (Å²) in [5, 5.41) is 3.24. The number of benzene rings is 1. The predicted molar refractivity (Wildman–Crippen MR) is 99.2 cm³/mol. The van der Waals surface area contributed by atoms with Crippen molar-refractivity contribution in [2.24, 2.45) is 0 Å². The van der Waals surface area contributed by atoms with E-state index in [1.54, 1.807) is 12.3 Å². The highest BCUT2D eigenvalue weighted by Gasteiger charge is 2.22. The lowest BCUT2D eigenvalue weighted by atomic mass is 10.1. The third kappa shape index (κ3) is 4.14. The van der Waals surface area contributed by atoms with Gasteiger partial charge in [-0.2, -0.15) is 0 Å². The first kappa shape index (κ1) is 17.4. The molecule has 6 heteroatoms. The summed E-state index contributed by atoms with van der Waals surface area (Å²) in [4.78, 5) is 25.6. The van der Waals surface area contributed by atoms with Gasteiger partial charge in [-0.05, 0) is 30.7 Å². The third-order valence-corrected chi connectivity index (χ3v) is 4.63. The Morgan fingerprint density at radius 3 is 2.60 bits per heavy atom. The Bertz CT molecular complexity index is 725. The van der Waals surface area contributed by atoms with E-state index < -0.39 is 0 Å². The third-order valence-electron chi connectivity index (χ3n) is 4.63. The van der Waals surface area contributed by atoms with E-state index in [0.717, 1.165) is 44.8 Å². The van der Waals surface area contributed by atoms with E-state index in [9.17, 15) is 4.79 Å². The minimum absolute atomic E-state index is 0.0232. The summed E-state index contributed by atoms with van der Waals surface area (Å²) in [6.07, 6.45) is 2.56. The summed E-state index contributed by atoms with van der Waals surface area (Å²) < 4.78 is 0. The van der Waals surface area contributed by atoms with Gasteiger partial charge in [-0.15, -0.1) is 0 Å². The van der Waals surface area contributed by atoms with Gasteiger partial charge in [0.2, 0.25) is 5.95 Å². The molecule has 6 nitrogen and oxygen atoms in total. The molecule has 1 fully saturated rings. The van der Waals surface area contributed by atoms with E-state index in [1.165, 1.54) is 5.56 Å². The molecular formula is C19H25N5O. The number of carbonyl (C=O) groups is 1. The van der Waals surface area contributed by atoms with Crippen LogP contribution in [0.4, 0.5) is 11.6 Å². The van der Waals surface area contributed by atoms with Crippen LogP contribution in [0.1, 0.15) is 29.9 Å². The van der Waals surface area contributed by atoms with E-state index in [1.807, 2.05) is 23.1 Å². The van der Waals surface area contributed by atoms with Gasteiger partial charge >= 0.3 is 0 Å². The van der Waals surface area contributed by atoms with Crippen molar-refractivity contribution in [3.05, 3.63) is 47.8 Å². The molecule has 0 radical (unpaired) electrons. The Morgan fingerprint density at radius 2 is 1.88 bits per heavy atom. The number of rotatable bonds is 5. The van der Waals surface area contributed by atoms with Crippen LogP contribution < -0.4 is 5.32 Å². The van der Waals surface area contributed by atoms with Gasteiger partial charge in [0.1, 0.15) is 5.69 Å². The van der Waals surface area contributed by atoms with Gasteiger partial charge in [0.25, 0.3) is 5.91 Å². The Labute approximate surface area is 148 Å². The molecule has 0 bridgehead atoms. The highest BCUT2D eigenvalue weighted by atomic mass is 16.2. The molecule has 0 saturated carbocycles. The normalized spacial score (nSPS) is 15.2. The Kier molecular flexibility index (Phi) is 5.60. The molecule has 2 aromatic rings.